The largest absolute Gasteiger partial charge is 0.591 e. The van der Waals surface area contributed by atoms with Crippen molar-refractivity contribution in [3.8, 4) is 0 Å². The van der Waals surface area contributed by atoms with Gasteiger partial charge >= 0.3 is 0 Å². The van der Waals surface area contributed by atoms with Crippen LogP contribution >= 0.6 is 15.9 Å². The van der Waals surface area contributed by atoms with Gasteiger partial charge in [0, 0.05) is 15.6 Å². The van der Waals surface area contributed by atoms with Gasteiger partial charge in [-0.3, -0.25) is 0 Å². The van der Waals surface area contributed by atoms with E-state index in [1.807, 2.05) is 75.4 Å². The maximum Gasteiger partial charge on any atom is 0.144 e. The number of hydrogen-bond donors (Lipinski definition) is 0. The van der Waals surface area contributed by atoms with Gasteiger partial charge in [0.2, 0.25) is 0 Å². The second kappa shape index (κ2) is 6.77. The molecule has 4 heteroatoms. The summed E-state index contributed by atoms with van der Waals surface area (Å²) in [5.74, 6) is 0. The van der Waals surface area contributed by atoms with Gasteiger partial charge in [0.25, 0.3) is 0 Å². The Labute approximate surface area is 137 Å². The standard InChI is InChI=1S/C17H18BrNOS/c1-17(2,3)21(20)19-16(13-7-5-4-6-8-13)14-9-11-15(18)12-10-14/h4-12H,1-3H3/b19-16-/t21-/m0/s1. The Morgan fingerprint density at radius 1 is 0.952 bits per heavy atom. The molecule has 2 aromatic carbocycles. The Morgan fingerprint density at radius 2 is 1.48 bits per heavy atom. The Bertz CT molecular complexity index is 617. The van der Waals surface area contributed by atoms with Crippen molar-refractivity contribution in [1.29, 1.82) is 0 Å². The van der Waals surface area contributed by atoms with E-state index >= 15 is 0 Å². The molecule has 1 atom stereocenters. The fraction of sp³-hybridized carbons (Fsp3) is 0.235. The summed E-state index contributed by atoms with van der Waals surface area (Å²) in [4.78, 5) is 0. The molecule has 0 bridgehead atoms. The molecule has 0 N–H and O–H groups in total. The van der Waals surface area contributed by atoms with Crippen molar-refractivity contribution >= 4 is 33.0 Å². The molecule has 0 aliphatic carbocycles. The summed E-state index contributed by atoms with van der Waals surface area (Å²) in [6.07, 6.45) is 0. The van der Waals surface area contributed by atoms with E-state index in [2.05, 4.69) is 20.3 Å². The third-order valence-electron chi connectivity index (χ3n) is 2.86. The SMILES string of the molecule is CC(C)(C)[S@+]([O-])/N=C(/c1ccccc1)c1ccc(Br)cc1. The lowest BCUT2D eigenvalue weighted by Gasteiger charge is -2.19. The van der Waals surface area contributed by atoms with Gasteiger partial charge < -0.3 is 4.55 Å². The average molecular weight is 364 g/mol. The molecule has 0 amide bonds. The number of benzene rings is 2. The molecule has 110 valence electrons. The molecule has 0 radical (unpaired) electrons. The van der Waals surface area contributed by atoms with Crippen LogP contribution in [0.2, 0.25) is 0 Å². The minimum absolute atomic E-state index is 0.380. The predicted molar refractivity (Wildman–Crippen MR) is 94.1 cm³/mol. The zero-order valence-electron chi connectivity index (χ0n) is 12.3. The molecule has 0 heterocycles. The predicted octanol–water partition coefficient (Wildman–Crippen LogP) is 4.75. The second-order valence-corrected chi connectivity index (χ2v) is 8.50. The molecule has 0 aliphatic heterocycles. The van der Waals surface area contributed by atoms with E-state index in [0.717, 1.165) is 21.3 Å². The van der Waals surface area contributed by atoms with Crippen molar-refractivity contribution in [2.24, 2.45) is 4.40 Å². The molecule has 0 aliphatic rings. The van der Waals surface area contributed by atoms with Gasteiger partial charge in [-0.25, -0.2) is 0 Å². The average Bonchev–Trinajstić information content (AvgIpc) is 2.45. The first-order chi connectivity index (χ1) is 9.88. The van der Waals surface area contributed by atoms with Crippen molar-refractivity contribution in [3.05, 3.63) is 70.2 Å². The minimum atomic E-state index is -1.30. The Kier molecular flexibility index (Phi) is 5.25. The fourth-order valence-electron chi connectivity index (χ4n) is 1.70. The van der Waals surface area contributed by atoms with Gasteiger partial charge in [0.05, 0.1) is 0 Å². The molecule has 0 unspecified atom stereocenters. The Morgan fingerprint density at radius 3 is 2.00 bits per heavy atom. The summed E-state index contributed by atoms with van der Waals surface area (Å²) in [6, 6.07) is 17.8. The molecule has 21 heavy (non-hydrogen) atoms. The Balaban J connectivity index is 2.50. The number of rotatable bonds is 3. The van der Waals surface area contributed by atoms with E-state index in [1.54, 1.807) is 0 Å². The first kappa shape index (κ1) is 16.3. The summed E-state index contributed by atoms with van der Waals surface area (Å²) in [6.45, 7) is 5.78. The summed E-state index contributed by atoms with van der Waals surface area (Å²) in [7, 11) is 0. The quantitative estimate of drug-likeness (QED) is 0.572. The third kappa shape index (κ3) is 4.43. The monoisotopic (exact) mass is 363 g/mol. The topological polar surface area (TPSA) is 35.4 Å². The highest BCUT2D eigenvalue weighted by molar-refractivity contribution is 9.10. The molecule has 2 aromatic rings. The van der Waals surface area contributed by atoms with Crippen LogP contribution in [0.15, 0.2) is 63.5 Å². The molecule has 0 saturated carbocycles. The normalized spacial score (nSPS) is 14.0. The molecule has 0 saturated heterocycles. The summed E-state index contributed by atoms with van der Waals surface area (Å²) in [5, 5.41) is 0. The molecular formula is C17H18BrNOS. The molecule has 0 fully saturated rings. The van der Waals surface area contributed by atoms with E-state index in [-0.39, 0.29) is 4.75 Å². The van der Waals surface area contributed by atoms with Crippen LogP contribution in [0.3, 0.4) is 0 Å². The van der Waals surface area contributed by atoms with Crippen LogP contribution in [0.5, 0.6) is 0 Å². The van der Waals surface area contributed by atoms with Gasteiger partial charge in [-0.2, -0.15) is 0 Å². The van der Waals surface area contributed by atoms with Crippen LogP contribution in [-0.4, -0.2) is 15.0 Å². The summed E-state index contributed by atoms with van der Waals surface area (Å²) >= 11 is 2.14. The first-order valence-electron chi connectivity index (χ1n) is 6.70. The van der Waals surface area contributed by atoms with Crippen molar-refractivity contribution in [2.75, 3.05) is 0 Å². The van der Waals surface area contributed by atoms with Crippen molar-refractivity contribution < 1.29 is 4.55 Å². The lowest BCUT2D eigenvalue weighted by Crippen LogP contribution is -2.27. The van der Waals surface area contributed by atoms with Crippen LogP contribution < -0.4 is 0 Å². The number of hydrogen-bond acceptors (Lipinski definition) is 2. The van der Waals surface area contributed by atoms with Gasteiger partial charge in [0.15, 0.2) is 0 Å². The lowest BCUT2D eigenvalue weighted by molar-refractivity contribution is 0.561. The first-order valence-corrected chi connectivity index (χ1v) is 8.60. The molecular weight excluding hydrogens is 346 g/mol. The van der Waals surface area contributed by atoms with E-state index in [9.17, 15) is 4.55 Å². The van der Waals surface area contributed by atoms with E-state index in [1.165, 1.54) is 0 Å². The number of halogens is 1. The van der Waals surface area contributed by atoms with E-state index in [0.29, 0.717) is 0 Å². The number of nitrogens with zero attached hydrogens (tertiary/aromatic N) is 1. The van der Waals surface area contributed by atoms with E-state index in [4.69, 9.17) is 0 Å². The zero-order valence-corrected chi connectivity index (χ0v) is 14.7. The van der Waals surface area contributed by atoms with Gasteiger partial charge in [0.1, 0.15) is 21.8 Å². The molecule has 2 rings (SSSR count). The Hall–Kier alpha value is -1.10. The summed E-state index contributed by atoms with van der Waals surface area (Å²) < 4.78 is 17.5. The highest BCUT2D eigenvalue weighted by Gasteiger charge is 2.27. The highest BCUT2D eigenvalue weighted by atomic mass is 79.9. The van der Waals surface area contributed by atoms with Crippen LogP contribution in [0.1, 0.15) is 31.9 Å². The van der Waals surface area contributed by atoms with Gasteiger partial charge in [-0.1, -0.05) is 62.8 Å². The van der Waals surface area contributed by atoms with E-state index < -0.39 is 11.4 Å². The zero-order chi connectivity index (χ0) is 15.5. The second-order valence-electron chi connectivity index (χ2n) is 5.67. The van der Waals surface area contributed by atoms with Crippen molar-refractivity contribution in [1.82, 2.24) is 0 Å². The molecule has 0 spiro atoms. The third-order valence-corrected chi connectivity index (χ3v) is 4.79. The van der Waals surface area contributed by atoms with Gasteiger partial charge in [-0.05, 0) is 32.9 Å². The smallest absolute Gasteiger partial charge is 0.144 e. The lowest BCUT2D eigenvalue weighted by atomic mass is 10.0. The van der Waals surface area contributed by atoms with Crippen LogP contribution in [0.25, 0.3) is 0 Å². The van der Waals surface area contributed by atoms with Crippen molar-refractivity contribution in [2.45, 2.75) is 25.5 Å². The maximum absolute atomic E-state index is 12.4. The van der Waals surface area contributed by atoms with Crippen LogP contribution in [0.4, 0.5) is 0 Å². The van der Waals surface area contributed by atoms with Crippen LogP contribution in [-0.2, 0) is 11.4 Å². The maximum atomic E-state index is 12.4. The van der Waals surface area contributed by atoms with Crippen LogP contribution in [0, 0.1) is 0 Å². The fourth-order valence-corrected chi connectivity index (χ4v) is 2.61. The molecule has 0 aromatic heterocycles. The van der Waals surface area contributed by atoms with Crippen molar-refractivity contribution in [3.63, 3.8) is 0 Å². The molecule has 2 nitrogen and oxygen atoms in total. The minimum Gasteiger partial charge on any atom is -0.591 e. The van der Waals surface area contributed by atoms with Gasteiger partial charge in [-0.15, -0.1) is 0 Å². The summed E-state index contributed by atoms with van der Waals surface area (Å²) in [5.41, 5.74) is 2.69. The highest BCUT2D eigenvalue weighted by Crippen LogP contribution is 2.21.